The molecule has 2 aromatic carbocycles. The summed E-state index contributed by atoms with van der Waals surface area (Å²) < 4.78 is 75.9. The number of nitrogens with one attached hydrogen (secondary N) is 1. The fourth-order valence-electron chi connectivity index (χ4n) is 3.44. The molecule has 0 spiro atoms. The van der Waals surface area contributed by atoms with Crippen LogP contribution in [0.2, 0.25) is 0 Å². The third-order valence-electron chi connectivity index (χ3n) is 5.24. The SMILES string of the molecule is Cc1cccc(F)c1NC(=O)c1cc(F)c(-n2nc(C)n(C(C)C)c2=O)cc1OC(C)C(F)(F)F. The highest BCUT2D eigenvalue weighted by molar-refractivity contribution is 6.06. The monoisotopic (exact) mass is 498 g/mol. The molecule has 1 aromatic heterocycles. The van der Waals surface area contributed by atoms with Crippen LogP contribution in [0.15, 0.2) is 35.1 Å². The van der Waals surface area contributed by atoms with Gasteiger partial charge >= 0.3 is 11.9 Å². The predicted octanol–water partition coefficient (Wildman–Crippen LogP) is 5.09. The van der Waals surface area contributed by atoms with Crippen molar-refractivity contribution in [3.8, 4) is 11.4 Å². The second-order valence-corrected chi connectivity index (χ2v) is 8.19. The van der Waals surface area contributed by atoms with Crippen molar-refractivity contribution in [3.63, 3.8) is 0 Å². The van der Waals surface area contributed by atoms with Crippen LogP contribution >= 0.6 is 0 Å². The minimum Gasteiger partial charge on any atom is -0.480 e. The van der Waals surface area contributed by atoms with Crippen molar-refractivity contribution in [2.24, 2.45) is 0 Å². The number of carbonyl (C=O) groups excluding carboxylic acids is 1. The van der Waals surface area contributed by atoms with E-state index in [2.05, 4.69) is 10.4 Å². The number of rotatable bonds is 6. The first-order chi connectivity index (χ1) is 16.2. The summed E-state index contributed by atoms with van der Waals surface area (Å²) in [5, 5.41) is 6.24. The lowest BCUT2D eigenvalue weighted by Crippen LogP contribution is -2.32. The average molecular weight is 498 g/mol. The van der Waals surface area contributed by atoms with E-state index in [4.69, 9.17) is 4.74 Å². The molecule has 3 rings (SSSR count). The molecule has 0 aliphatic heterocycles. The largest absolute Gasteiger partial charge is 0.480 e. The number of amides is 1. The van der Waals surface area contributed by atoms with Crippen LogP contribution in [-0.4, -0.2) is 32.5 Å². The average Bonchev–Trinajstić information content (AvgIpc) is 3.04. The number of anilines is 1. The summed E-state index contributed by atoms with van der Waals surface area (Å²) in [6.45, 7) is 7.13. The van der Waals surface area contributed by atoms with Crippen molar-refractivity contribution in [2.75, 3.05) is 5.32 Å². The molecular weight excluding hydrogens is 475 g/mol. The minimum atomic E-state index is -4.81. The molecule has 7 nitrogen and oxygen atoms in total. The Labute approximate surface area is 197 Å². The van der Waals surface area contributed by atoms with Gasteiger partial charge in [0.05, 0.1) is 11.3 Å². The molecule has 0 saturated carbocycles. The molecule has 188 valence electrons. The third kappa shape index (κ3) is 5.20. The van der Waals surface area contributed by atoms with Gasteiger partial charge < -0.3 is 10.1 Å². The molecule has 1 N–H and O–H groups in total. The summed E-state index contributed by atoms with van der Waals surface area (Å²) in [4.78, 5) is 25.7. The Morgan fingerprint density at radius 2 is 1.74 bits per heavy atom. The molecule has 0 bridgehead atoms. The molecule has 0 fully saturated rings. The van der Waals surface area contributed by atoms with Crippen LogP contribution in [-0.2, 0) is 0 Å². The number of para-hydroxylation sites is 1. The van der Waals surface area contributed by atoms with Gasteiger partial charge in [-0.2, -0.15) is 23.0 Å². The van der Waals surface area contributed by atoms with Gasteiger partial charge in [0.2, 0.25) is 0 Å². The molecule has 1 amide bonds. The summed E-state index contributed by atoms with van der Waals surface area (Å²) >= 11 is 0. The van der Waals surface area contributed by atoms with Gasteiger partial charge in [-0.15, -0.1) is 0 Å². The van der Waals surface area contributed by atoms with E-state index in [1.165, 1.54) is 30.5 Å². The smallest absolute Gasteiger partial charge is 0.425 e. The molecule has 35 heavy (non-hydrogen) atoms. The summed E-state index contributed by atoms with van der Waals surface area (Å²) in [5.74, 6) is -3.44. The van der Waals surface area contributed by atoms with Gasteiger partial charge in [-0.1, -0.05) is 12.1 Å². The van der Waals surface area contributed by atoms with Gasteiger partial charge in [0.15, 0.2) is 6.10 Å². The lowest BCUT2D eigenvalue weighted by atomic mass is 10.1. The van der Waals surface area contributed by atoms with Crippen LogP contribution in [0, 0.1) is 25.5 Å². The zero-order valence-corrected chi connectivity index (χ0v) is 19.5. The number of benzene rings is 2. The Hall–Kier alpha value is -3.70. The van der Waals surface area contributed by atoms with Gasteiger partial charge in [0.25, 0.3) is 5.91 Å². The zero-order chi connectivity index (χ0) is 26.2. The number of aromatic nitrogens is 3. The standard InChI is InChI=1S/C23H23F5N4O3/c1-11(2)31-14(5)30-32(22(31)34)18-10-19(35-13(4)23(26,27)28)15(9-17(18)25)21(33)29-20-12(3)7-6-8-16(20)24/h6-11,13H,1-5H3,(H,29,33). The fraction of sp³-hybridized carbons (Fsp3) is 0.348. The highest BCUT2D eigenvalue weighted by atomic mass is 19.4. The molecule has 0 aliphatic rings. The number of carbonyl (C=O) groups is 1. The van der Waals surface area contributed by atoms with E-state index in [1.54, 1.807) is 13.8 Å². The first kappa shape index (κ1) is 25.9. The predicted molar refractivity (Wildman–Crippen MR) is 118 cm³/mol. The van der Waals surface area contributed by atoms with Crippen molar-refractivity contribution in [1.29, 1.82) is 0 Å². The van der Waals surface area contributed by atoms with Gasteiger partial charge in [-0.25, -0.2) is 13.6 Å². The van der Waals surface area contributed by atoms with Gasteiger partial charge in [0.1, 0.15) is 28.9 Å². The van der Waals surface area contributed by atoms with Crippen molar-refractivity contribution in [3.05, 3.63) is 69.4 Å². The van der Waals surface area contributed by atoms with E-state index in [9.17, 15) is 27.2 Å². The number of aryl methyl sites for hydroxylation is 2. The quantitative estimate of drug-likeness (QED) is 0.480. The highest BCUT2D eigenvalue weighted by Gasteiger charge is 2.39. The van der Waals surface area contributed by atoms with Crippen LogP contribution in [0.5, 0.6) is 5.75 Å². The van der Waals surface area contributed by atoms with Gasteiger partial charge in [-0.05, 0) is 52.3 Å². The van der Waals surface area contributed by atoms with Crippen molar-refractivity contribution in [1.82, 2.24) is 14.3 Å². The Morgan fingerprint density at radius 3 is 2.29 bits per heavy atom. The molecule has 0 radical (unpaired) electrons. The Bertz CT molecular complexity index is 1310. The molecule has 12 heteroatoms. The number of halogens is 5. The van der Waals surface area contributed by atoms with Gasteiger partial charge in [-0.3, -0.25) is 9.36 Å². The number of alkyl halides is 3. The summed E-state index contributed by atoms with van der Waals surface area (Å²) in [7, 11) is 0. The van der Waals surface area contributed by atoms with Crippen LogP contribution in [0.1, 0.15) is 48.6 Å². The van der Waals surface area contributed by atoms with E-state index < -0.39 is 52.5 Å². The second-order valence-electron chi connectivity index (χ2n) is 8.19. The van der Waals surface area contributed by atoms with Crippen LogP contribution < -0.4 is 15.7 Å². The minimum absolute atomic E-state index is 0.223. The lowest BCUT2D eigenvalue weighted by molar-refractivity contribution is -0.189. The molecule has 1 unspecified atom stereocenters. The molecule has 1 heterocycles. The maximum atomic E-state index is 15.1. The van der Waals surface area contributed by atoms with Crippen LogP contribution in [0.25, 0.3) is 5.69 Å². The molecule has 3 aromatic rings. The van der Waals surface area contributed by atoms with Crippen LogP contribution in [0.3, 0.4) is 0 Å². The summed E-state index contributed by atoms with van der Waals surface area (Å²) in [6, 6.07) is 5.08. The maximum absolute atomic E-state index is 15.1. The van der Waals surface area contributed by atoms with Gasteiger partial charge in [0, 0.05) is 12.1 Å². The first-order valence-corrected chi connectivity index (χ1v) is 10.5. The molecule has 0 saturated heterocycles. The van der Waals surface area contributed by atoms with E-state index in [-0.39, 0.29) is 17.6 Å². The topological polar surface area (TPSA) is 78.2 Å². The Kier molecular flexibility index (Phi) is 7.04. The normalized spacial score (nSPS) is 12.7. The summed E-state index contributed by atoms with van der Waals surface area (Å²) in [6.07, 6.45) is -7.19. The molecule has 1 atom stereocenters. The number of hydrogen-bond acceptors (Lipinski definition) is 4. The Morgan fingerprint density at radius 1 is 1.09 bits per heavy atom. The molecular formula is C23H23F5N4O3. The summed E-state index contributed by atoms with van der Waals surface area (Å²) in [5.41, 5.74) is -1.76. The Balaban J connectivity index is 2.16. The van der Waals surface area contributed by atoms with Crippen LogP contribution in [0.4, 0.5) is 27.6 Å². The van der Waals surface area contributed by atoms with E-state index in [0.29, 0.717) is 23.2 Å². The fourth-order valence-corrected chi connectivity index (χ4v) is 3.44. The van der Waals surface area contributed by atoms with Crippen molar-refractivity contribution in [2.45, 2.75) is 52.9 Å². The highest BCUT2D eigenvalue weighted by Crippen LogP contribution is 2.31. The van der Waals surface area contributed by atoms with E-state index in [1.807, 2.05) is 0 Å². The number of ether oxygens (including phenoxy) is 1. The van der Waals surface area contributed by atoms with Crippen molar-refractivity contribution >= 4 is 11.6 Å². The number of nitrogens with zero attached hydrogens (tertiary/aromatic N) is 3. The van der Waals surface area contributed by atoms with Crippen molar-refractivity contribution < 1.29 is 31.5 Å². The third-order valence-corrected chi connectivity index (χ3v) is 5.24. The maximum Gasteiger partial charge on any atom is 0.425 e. The number of hydrogen-bond donors (Lipinski definition) is 1. The zero-order valence-electron chi connectivity index (χ0n) is 19.5. The first-order valence-electron chi connectivity index (χ1n) is 10.5. The lowest BCUT2D eigenvalue weighted by Gasteiger charge is -2.20. The second kappa shape index (κ2) is 9.51. The molecule has 0 aliphatic carbocycles. The van der Waals surface area contributed by atoms with E-state index in [0.717, 1.165) is 12.1 Å². The van der Waals surface area contributed by atoms with E-state index >= 15 is 4.39 Å².